The van der Waals surface area contributed by atoms with E-state index in [9.17, 15) is 26.7 Å². The van der Waals surface area contributed by atoms with Gasteiger partial charge in [-0.1, -0.05) is 6.07 Å². The maximum Gasteiger partial charge on any atom is 0.416 e. The van der Waals surface area contributed by atoms with E-state index in [-0.39, 0.29) is 13.0 Å². The SMILES string of the molecule is O=S(=O)(NCC[C@H](O)c1ccsc1)c1cccc(C(F)(F)F)c1. The molecule has 1 atom stereocenters. The molecule has 0 fully saturated rings. The van der Waals surface area contributed by atoms with Gasteiger partial charge in [0.15, 0.2) is 0 Å². The van der Waals surface area contributed by atoms with Crippen LogP contribution in [0.5, 0.6) is 0 Å². The van der Waals surface area contributed by atoms with Crippen molar-refractivity contribution in [1.29, 1.82) is 0 Å². The minimum atomic E-state index is -4.61. The highest BCUT2D eigenvalue weighted by atomic mass is 32.2. The molecule has 4 nitrogen and oxygen atoms in total. The molecule has 0 unspecified atom stereocenters. The summed E-state index contributed by atoms with van der Waals surface area (Å²) in [6.07, 6.45) is -5.32. The lowest BCUT2D eigenvalue weighted by Crippen LogP contribution is -2.26. The highest BCUT2D eigenvalue weighted by Gasteiger charge is 2.31. The van der Waals surface area contributed by atoms with Gasteiger partial charge in [-0.2, -0.15) is 24.5 Å². The van der Waals surface area contributed by atoms with Crippen molar-refractivity contribution in [3.8, 4) is 0 Å². The van der Waals surface area contributed by atoms with Gasteiger partial charge in [0.05, 0.1) is 16.6 Å². The first-order valence-corrected chi connectivity index (χ1v) is 9.00. The number of hydrogen-bond donors (Lipinski definition) is 2. The third-order valence-electron chi connectivity index (χ3n) is 3.11. The van der Waals surface area contributed by atoms with E-state index in [2.05, 4.69) is 4.72 Å². The zero-order valence-electron chi connectivity index (χ0n) is 11.7. The van der Waals surface area contributed by atoms with Gasteiger partial charge in [0.25, 0.3) is 0 Å². The van der Waals surface area contributed by atoms with Gasteiger partial charge < -0.3 is 5.11 Å². The summed E-state index contributed by atoms with van der Waals surface area (Å²) in [7, 11) is -4.07. The fourth-order valence-electron chi connectivity index (χ4n) is 1.88. The van der Waals surface area contributed by atoms with Crippen molar-refractivity contribution in [3.63, 3.8) is 0 Å². The monoisotopic (exact) mass is 365 g/mol. The van der Waals surface area contributed by atoms with Crippen LogP contribution in [0.3, 0.4) is 0 Å². The van der Waals surface area contributed by atoms with Crippen LogP contribution in [0, 0.1) is 0 Å². The quantitative estimate of drug-likeness (QED) is 0.826. The summed E-state index contributed by atoms with van der Waals surface area (Å²) in [5, 5.41) is 13.4. The number of rotatable bonds is 6. The summed E-state index contributed by atoms with van der Waals surface area (Å²) in [6.45, 7) is -0.0877. The largest absolute Gasteiger partial charge is 0.416 e. The second-order valence-electron chi connectivity index (χ2n) is 4.78. The summed E-state index contributed by atoms with van der Waals surface area (Å²) in [5.41, 5.74) is -0.355. The normalized spacial score (nSPS) is 13.9. The summed E-state index contributed by atoms with van der Waals surface area (Å²) in [6, 6.07) is 5.23. The van der Waals surface area contributed by atoms with Gasteiger partial charge in [-0.25, -0.2) is 13.1 Å². The van der Waals surface area contributed by atoms with Gasteiger partial charge in [0.1, 0.15) is 0 Å². The Labute approximate surface area is 135 Å². The average molecular weight is 365 g/mol. The van der Waals surface area contributed by atoms with Crippen LogP contribution in [0.2, 0.25) is 0 Å². The third kappa shape index (κ3) is 4.77. The number of alkyl halides is 3. The van der Waals surface area contributed by atoms with Crippen LogP contribution >= 0.6 is 11.3 Å². The van der Waals surface area contributed by atoms with Gasteiger partial charge >= 0.3 is 6.18 Å². The number of aliphatic hydroxyl groups is 1. The van der Waals surface area contributed by atoms with E-state index in [0.717, 1.165) is 18.2 Å². The van der Waals surface area contributed by atoms with E-state index in [1.165, 1.54) is 11.3 Å². The van der Waals surface area contributed by atoms with Crippen LogP contribution in [0.25, 0.3) is 0 Å². The van der Waals surface area contributed by atoms with Crippen LogP contribution in [-0.4, -0.2) is 20.1 Å². The standard InChI is InChI=1S/C14H14F3NO3S2/c15-14(16,17)11-2-1-3-12(8-11)23(20,21)18-6-4-13(19)10-5-7-22-9-10/h1-3,5,7-9,13,18-19H,4,6H2/t13-/m0/s1. The van der Waals surface area contributed by atoms with Crippen molar-refractivity contribution < 1.29 is 26.7 Å². The minimum absolute atomic E-state index is 0.0877. The van der Waals surface area contributed by atoms with Gasteiger partial charge in [0, 0.05) is 6.54 Å². The molecule has 2 aromatic rings. The Balaban J connectivity index is 2.02. The number of nitrogens with one attached hydrogen (secondary N) is 1. The first-order chi connectivity index (χ1) is 10.7. The Kier molecular flexibility index (Phi) is 5.45. The maximum absolute atomic E-state index is 12.6. The van der Waals surface area contributed by atoms with Gasteiger partial charge in [0.2, 0.25) is 10.0 Å². The molecular weight excluding hydrogens is 351 g/mol. The van der Waals surface area contributed by atoms with Crippen LogP contribution in [-0.2, 0) is 16.2 Å². The van der Waals surface area contributed by atoms with Crippen molar-refractivity contribution in [2.45, 2.75) is 23.6 Å². The van der Waals surface area contributed by atoms with E-state index in [0.29, 0.717) is 11.6 Å². The molecule has 126 valence electrons. The van der Waals surface area contributed by atoms with Crippen molar-refractivity contribution >= 4 is 21.4 Å². The van der Waals surface area contributed by atoms with Crippen LogP contribution < -0.4 is 4.72 Å². The van der Waals surface area contributed by atoms with Crippen LogP contribution in [0.15, 0.2) is 46.0 Å². The Morgan fingerprint density at radius 2 is 2.00 bits per heavy atom. The molecule has 1 aromatic heterocycles. The van der Waals surface area contributed by atoms with Crippen molar-refractivity contribution in [2.24, 2.45) is 0 Å². The third-order valence-corrected chi connectivity index (χ3v) is 5.27. The predicted octanol–water partition coefficient (Wildman–Crippen LogP) is 3.17. The molecule has 1 heterocycles. The molecule has 0 aliphatic heterocycles. The lowest BCUT2D eigenvalue weighted by Gasteiger charge is -2.12. The topological polar surface area (TPSA) is 66.4 Å². The number of aliphatic hydroxyl groups excluding tert-OH is 1. The van der Waals surface area contributed by atoms with E-state index < -0.39 is 32.8 Å². The zero-order valence-corrected chi connectivity index (χ0v) is 13.4. The van der Waals surface area contributed by atoms with E-state index in [1.54, 1.807) is 16.8 Å². The first-order valence-electron chi connectivity index (χ1n) is 6.57. The van der Waals surface area contributed by atoms with Gasteiger partial charge in [-0.05, 0) is 47.0 Å². The second kappa shape index (κ2) is 7.00. The highest BCUT2D eigenvalue weighted by molar-refractivity contribution is 7.89. The van der Waals surface area contributed by atoms with Crippen molar-refractivity contribution in [2.75, 3.05) is 6.54 Å². The van der Waals surface area contributed by atoms with E-state index >= 15 is 0 Å². The van der Waals surface area contributed by atoms with Crippen LogP contribution in [0.1, 0.15) is 23.7 Å². The molecule has 0 saturated carbocycles. The molecule has 9 heteroatoms. The van der Waals surface area contributed by atoms with Crippen molar-refractivity contribution in [1.82, 2.24) is 4.72 Å². The Morgan fingerprint density at radius 1 is 1.26 bits per heavy atom. The number of hydrogen-bond acceptors (Lipinski definition) is 4. The number of halogens is 3. The molecule has 2 N–H and O–H groups in total. The zero-order chi connectivity index (χ0) is 17.1. The molecule has 23 heavy (non-hydrogen) atoms. The summed E-state index contributed by atoms with van der Waals surface area (Å²) in [4.78, 5) is -0.461. The fourth-order valence-corrected chi connectivity index (χ4v) is 3.68. The molecule has 0 radical (unpaired) electrons. The molecule has 1 aromatic carbocycles. The molecule has 0 spiro atoms. The maximum atomic E-state index is 12.6. The summed E-state index contributed by atoms with van der Waals surface area (Å²) < 4.78 is 64.1. The summed E-state index contributed by atoms with van der Waals surface area (Å²) in [5.74, 6) is 0. The molecule has 0 amide bonds. The highest BCUT2D eigenvalue weighted by Crippen LogP contribution is 2.30. The van der Waals surface area contributed by atoms with Crippen LogP contribution in [0.4, 0.5) is 13.2 Å². The van der Waals surface area contributed by atoms with Crippen molar-refractivity contribution in [3.05, 3.63) is 52.2 Å². The smallest absolute Gasteiger partial charge is 0.388 e. The number of benzene rings is 1. The molecule has 0 bridgehead atoms. The number of thiophene rings is 1. The second-order valence-corrected chi connectivity index (χ2v) is 7.33. The lowest BCUT2D eigenvalue weighted by atomic mass is 10.1. The number of sulfonamides is 1. The Bertz CT molecular complexity index is 743. The van der Waals surface area contributed by atoms with Gasteiger partial charge in [-0.3, -0.25) is 0 Å². The molecule has 0 aliphatic rings. The lowest BCUT2D eigenvalue weighted by molar-refractivity contribution is -0.137. The predicted molar refractivity (Wildman–Crippen MR) is 80.5 cm³/mol. The molecule has 0 saturated heterocycles. The van der Waals surface area contributed by atoms with E-state index in [1.807, 2.05) is 0 Å². The average Bonchev–Trinajstić information content (AvgIpc) is 3.00. The first kappa shape index (κ1) is 17.9. The Hall–Kier alpha value is -1.42. The van der Waals surface area contributed by atoms with E-state index in [4.69, 9.17) is 0 Å². The summed E-state index contributed by atoms with van der Waals surface area (Å²) >= 11 is 1.40. The minimum Gasteiger partial charge on any atom is -0.388 e. The fraction of sp³-hybridized carbons (Fsp3) is 0.286. The molecular formula is C14H14F3NO3S2. The molecule has 2 rings (SSSR count). The van der Waals surface area contributed by atoms with Gasteiger partial charge in [-0.15, -0.1) is 0 Å². The molecule has 0 aliphatic carbocycles. The Morgan fingerprint density at radius 3 is 2.61 bits per heavy atom.